The largest absolute Gasteiger partial charge is 0.461 e. The monoisotopic (exact) mass is 287 g/mol. The Hall–Kier alpha value is -2.50. The smallest absolute Gasteiger partial charge is 0.360 e. The molecule has 0 radical (unpaired) electrons. The van der Waals surface area contributed by atoms with Crippen LogP contribution in [-0.2, 0) is 11.3 Å². The predicted molar refractivity (Wildman–Crippen MR) is 76.2 cm³/mol. The van der Waals surface area contributed by atoms with E-state index in [-0.39, 0.29) is 24.6 Å². The maximum Gasteiger partial charge on any atom is 0.360 e. The number of carbonyl (C=O) groups is 2. The van der Waals surface area contributed by atoms with Gasteiger partial charge in [-0.15, -0.1) is 5.10 Å². The average Bonchev–Trinajstić information content (AvgIpc) is 2.87. The quantitative estimate of drug-likeness (QED) is 0.620. The van der Waals surface area contributed by atoms with Crippen LogP contribution in [-0.4, -0.2) is 33.4 Å². The van der Waals surface area contributed by atoms with Crippen LogP contribution in [0.15, 0.2) is 24.4 Å². The molecule has 1 heterocycles. The van der Waals surface area contributed by atoms with Crippen LogP contribution in [0.2, 0.25) is 0 Å². The minimum atomic E-state index is -0.539. The molecule has 0 aliphatic carbocycles. The second-order valence-corrected chi connectivity index (χ2v) is 4.76. The van der Waals surface area contributed by atoms with Gasteiger partial charge in [-0.3, -0.25) is 4.79 Å². The fourth-order valence-corrected chi connectivity index (χ4v) is 2.03. The molecule has 2 rings (SSSR count). The zero-order valence-electron chi connectivity index (χ0n) is 12.3. The highest BCUT2D eigenvalue weighted by Gasteiger charge is 2.15. The number of esters is 1. The molecule has 0 saturated heterocycles. The molecule has 1 aromatic carbocycles. The summed E-state index contributed by atoms with van der Waals surface area (Å²) in [7, 11) is 0. The van der Waals surface area contributed by atoms with E-state index in [1.54, 1.807) is 13.0 Å². The van der Waals surface area contributed by atoms with Gasteiger partial charge in [0.1, 0.15) is 6.54 Å². The maximum atomic E-state index is 12.2. The van der Waals surface area contributed by atoms with E-state index in [4.69, 9.17) is 4.74 Å². The van der Waals surface area contributed by atoms with Gasteiger partial charge in [-0.2, -0.15) is 0 Å². The van der Waals surface area contributed by atoms with E-state index >= 15 is 0 Å². The van der Waals surface area contributed by atoms with Gasteiger partial charge in [0.25, 0.3) is 0 Å². The molecule has 0 spiro atoms. The van der Waals surface area contributed by atoms with Crippen LogP contribution in [0.25, 0.3) is 0 Å². The van der Waals surface area contributed by atoms with Crippen molar-refractivity contribution in [3.05, 3.63) is 46.8 Å². The first kappa shape index (κ1) is 14.9. The first-order chi connectivity index (χ1) is 10.0. The van der Waals surface area contributed by atoms with Gasteiger partial charge >= 0.3 is 5.97 Å². The second kappa shape index (κ2) is 6.30. The van der Waals surface area contributed by atoms with Gasteiger partial charge in [0.05, 0.1) is 12.8 Å². The number of nitrogens with zero attached hydrogens (tertiary/aromatic N) is 3. The van der Waals surface area contributed by atoms with E-state index in [1.807, 2.05) is 26.0 Å². The molecule has 0 N–H and O–H groups in total. The highest BCUT2D eigenvalue weighted by Crippen LogP contribution is 2.12. The van der Waals surface area contributed by atoms with Crippen molar-refractivity contribution in [2.45, 2.75) is 27.3 Å². The number of carbonyl (C=O) groups excluding carboxylic acids is 2. The number of ether oxygens (including phenoxy) is 1. The highest BCUT2D eigenvalue weighted by molar-refractivity contribution is 5.97. The Morgan fingerprint density at radius 2 is 2.05 bits per heavy atom. The first-order valence-electron chi connectivity index (χ1n) is 6.69. The minimum absolute atomic E-state index is 0.0380. The number of benzene rings is 1. The molecule has 6 nitrogen and oxygen atoms in total. The molecular formula is C15H17N3O3. The topological polar surface area (TPSA) is 74.1 Å². The van der Waals surface area contributed by atoms with E-state index in [9.17, 15) is 9.59 Å². The normalized spacial score (nSPS) is 10.4. The van der Waals surface area contributed by atoms with Gasteiger partial charge in [-0.1, -0.05) is 29.0 Å². The number of aryl methyl sites for hydroxylation is 2. The Morgan fingerprint density at radius 1 is 1.29 bits per heavy atom. The van der Waals surface area contributed by atoms with Crippen LogP contribution < -0.4 is 0 Å². The fraction of sp³-hybridized carbons (Fsp3) is 0.333. The van der Waals surface area contributed by atoms with E-state index in [0.29, 0.717) is 5.56 Å². The number of hydrogen-bond donors (Lipinski definition) is 0. The highest BCUT2D eigenvalue weighted by atomic mass is 16.5. The summed E-state index contributed by atoms with van der Waals surface area (Å²) in [5.41, 5.74) is 2.78. The lowest BCUT2D eigenvalue weighted by molar-refractivity contribution is 0.0519. The van der Waals surface area contributed by atoms with Gasteiger partial charge in [0, 0.05) is 5.56 Å². The van der Waals surface area contributed by atoms with E-state index in [1.165, 1.54) is 10.9 Å². The third-order valence-electron chi connectivity index (χ3n) is 3.01. The van der Waals surface area contributed by atoms with E-state index < -0.39 is 5.97 Å². The molecule has 0 atom stereocenters. The predicted octanol–water partition coefficient (Wildman–Crippen LogP) is 1.95. The first-order valence-corrected chi connectivity index (χ1v) is 6.69. The molecule has 2 aromatic rings. The summed E-state index contributed by atoms with van der Waals surface area (Å²) in [5.74, 6) is -0.615. The number of ketones is 1. The Balaban J connectivity index is 2.11. The number of Topliss-reactive ketones (excluding diaryl/α,β-unsaturated/α-hetero) is 1. The summed E-state index contributed by atoms with van der Waals surface area (Å²) in [4.78, 5) is 23.7. The lowest BCUT2D eigenvalue weighted by Crippen LogP contribution is -2.12. The number of rotatable bonds is 5. The van der Waals surface area contributed by atoms with Crippen molar-refractivity contribution in [3.63, 3.8) is 0 Å². The van der Waals surface area contributed by atoms with Crippen LogP contribution in [0.4, 0.5) is 0 Å². The summed E-state index contributed by atoms with van der Waals surface area (Å²) >= 11 is 0. The molecule has 110 valence electrons. The summed E-state index contributed by atoms with van der Waals surface area (Å²) in [5, 5.41) is 7.48. The molecule has 0 amide bonds. The van der Waals surface area contributed by atoms with Crippen LogP contribution in [0.5, 0.6) is 0 Å². The van der Waals surface area contributed by atoms with Crippen LogP contribution >= 0.6 is 0 Å². The molecule has 0 aliphatic rings. The number of hydrogen-bond acceptors (Lipinski definition) is 5. The van der Waals surface area contributed by atoms with Gasteiger partial charge in [-0.25, -0.2) is 9.48 Å². The molecule has 0 bridgehead atoms. The SMILES string of the molecule is CCOC(=O)c1cn(CC(=O)c2ccc(C)cc2C)nn1. The molecule has 0 fully saturated rings. The lowest BCUT2D eigenvalue weighted by Gasteiger charge is -2.05. The van der Waals surface area contributed by atoms with E-state index in [2.05, 4.69) is 10.3 Å². The molecule has 0 unspecified atom stereocenters. The minimum Gasteiger partial charge on any atom is -0.461 e. The molecular weight excluding hydrogens is 270 g/mol. The summed E-state index contributed by atoms with van der Waals surface area (Å²) in [6.45, 7) is 5.89. The fourth-order valence-electron chi connectivity index (χ4n) is 2.03. The van der Waals surface area contributed by atoms with Crippen molar-refractivity contribution in [1.82, 2.24) is 15.0 Å². The van der Waals surface area contributed by atoms with Crippen molar-refractivity contribution >= 4 is 11.8 Å². The third kappa shape index (κ3) is 3.53. The summed E-state index contributed by atoms with van der Waals surface area (Å²) < 4.78 is 6.16. The van der Waals surface area contributed by atoms with Gasteiger partial charge in [0.2, 0.25) is 0 Å². The molecule has 1 aromatic heterocycles. The van der Waals surface area contributed by atoms with Gasteiger partial charge in [-0.05, 0) is 26.3 Å². The Bertz CT molecular complexity index is 677. The zero-order valence-corrected chi connectivity index (χ0v) is 12.3. The molecule has 0 aliphatic heterocycles. The van der Waals surface area contributed by atoms with Crippen LogP contribution in [0.3, 0.4) is 0 Å². The molecule has 6 heteroatoms. The van der Waals surface area contributed by atoms with Crippen molar-refractivity contribution < 1.29 is 14.3 Å². The Labute approximate surface area is 122 Å². The van der Waals surface area contributed by atoms with Crippen LogP contribution in [0.1, 0.15) is 38.9 Å². The van der Waals surface area contributed by atoms with Gasteiger partial charge < -0.3 is 4.74 Å². The molecule has 21 heavy (non-hydrogen) atoms. The summed E-state index contributed by atoms with van der Waals surface area (Å²) in [6.07, 6.45) is 1.42. The van der Waals surface area contributed by atoms with Crippen LogP contribution in [0, 0.1) is 13.8 Å². The van der Waals surface area contributed by atoms with Crippen molar-refractivity contribution in [1.29, 1.82) is 0 Å². The zero-order chi connectivity index (χ0) is 15.4. The van der Waals surface area contributed by atoms with Gasteiger partial charge in [0.15, 0.2) is 11.5 Å². The van der Waals surface area contributed by atoms with Crippen molar-refractivity contribution in [2.24, 2.45) is 0 Å². The standard InChI is InChI=1S/C15H17N3O3/c1-4-21-15(20)13-8-18(17-16-13)9-14(19)12-6-5-10(2)7-11(12)3/h5-8H,4,9H2,1-3H3. The summed E-state index contributed by atoms with van der Waals surface area (Å²) in [6, 6.07) is 5.65. The number of aromatic nitrogens is 3. The van der Waals surface area contributed by atoms with Crippen molar-refractivity contribution in [2.75, 3.05) is 6.61 Å². The Morgan fingerprint density at radius 3 is 2.71 bits per heavy atom. The van der Waals surface area contributed by atoms with Crippen molar-refractivity contribution in [3.8, 4) is 0 Å². The lowest BCUT2D eigenvalue weighted by atomic mass is 10.0. The third-order valence-corrected chi connectivity index (χ3v) is 3.01. The Kier molecular flexibility index (Phi) is 4.47. The maximum absolute atomic E-state index is 12.2. The van der Waals surface area contributed by atoms with E-state index in [0.717, 1.165) is 11.1 Å². The molecule has 0 saturated carbocycles. The average molecular weight is 287 g/mol. The second-order valence-electron chi connectivity index (χ2n) is 4.76.